The van der Waals surface area contributed by atoms with Crippen molar-refractivity contribution in [3.8, 4) is 0 Å². The van der Waals surface area contributed by atoms with Crippen molar-refractivity contribution < 1.29 is 25.2 Å². The van der Waals surface area contributed by atoms with Crippen LogP contribution in [0.3, 0.4) is 0 Å². The van der Waals surface area contributed by atoms with E-state index in [9.17, 15) is 16.8 Å². The highest BCUT2D eigenvalue weighted by Crippen LogP contribution is 2.19. The molecule has 0 aliphatic rings. The smallest absolute Gasteiger partial charge is 0.265 e. The molecule has 0 bridgehead atoms. The summed E-state index contributed by atoms with van der Waals surface area (Å²) in [6.45, 7) is 18.4. The Morgan fingerprint density at radius 3 is 1.24 bits per heavy atom. The van der Waals surface area contributed by atoms with Crippen molar-refractivity contribution in [3.63, 3.8) is 0 Å². The molecule has 0 heterocycles. The second-order valence-corrected chi connectivity index (χ2v) is 14.9. The van der Waals surface area contributed by atoms with E-state index in [1.807, 2.05) is 6.92 Å². The largest absolute Gasteiger partial charge is 0.297 e. The Kier molecular flexibility index (Phi) is 11.9. The second kappa shape index (κ2) is 11.2. The summed E-state index contributed by atoms with van der Waals surface area (Å²) in [5.41, 5.74) is -0.290. The van der Waals surface area contributed by atoms with Crippen LogP contribution in [-0.2, 0) is 28.6 Å². The molecule has 0 spiro atoms. The van der Waals surface area contributed by atoms with E-state index in [0.29, 0.717) is 4.32 Å². The number of aryl methyl sites for hydroxylation is 1. The van der Waals surface area contributed by atoms with Crippen LogP contribution in [-0.4, -0.2) is 38.6 Å². The number of alkyl halides is 1. The zero-order valence-electron chi connectivity index (χ0n) is 19.5. The summed E-state index contributed by atoms with van der Waals surface area (Å²) in [5, 5.41) is 0. The molecule has 0 saturated heterocycles. The molecule has 29 heavy (non-hydrogen) atoms. The minimum atomic E-state index is -3.63. The van der Waals surface area contributed by atoms with E-state index < -0.39 is 31.4 Å². The molecule has 0 aliphatic carbocycles. The molecular weight excluding hydrogens is 480 g/mol. The van der Waals surface area contributed by atoms with Crippen LogP contribution in [0.1, 0.15) is 67.9 Å². The zero-order chi connectivity index (χ0) is 23.9. The van der Waals surface area contributed by atoms with Gasteiger partial charge in [-0.3, -0.25) is 8.37 Å². The van der Waals surface area contributed by atoms with Gasteiger partial charge in [0, 0.05) is 4.32 Å². The van der Waals surface area contributed by atoms with Crippen molar-refractivity contribution in [3.05, 3.63) is 29.8 Å². The Bertz CT molecular complexity index is 802. The van der Waals surface area contributed by atoms with Crippen LogP contribution in [0.4, 0.5) is 0 Å². The predicted octanol–water partition coefficient (Wildman–Crippen LogP) is 5.44. The van der Waals surface area contributed by atoms with Gasteiger partial charge < -0.3 is 0 Å². The molecule has 0 unspecified atom stereocenters. The lowest BCUT2D eigenvalue weighted by molar-refractivity contribution is 0.139. The van der Waals surface area contributed by atoms with Crippen LogP contribution in [0.15, 0.2) is 29.2 Å². The third kappa shape index (κ3) is 23.7. The van der Waals surface area contributed by atoms with Crippen LogP contribution >= 0.6 is 15.9 Å². The average molecular weight is 518 g/mol. The lowest BCUT2D eigenvalue weighted by atomic mass is 10.2. The minimum absolute atomic E-state index is 0.197. The number of benzene rings is 1. The van der Waals surface area contributed by atoms with Crippen molar-refractivity contribution in [2.24, 2.45) is 0 Å². The highest BCUT2D eigenvalue weighted by molar-refractivity contribution is 9.10. The molecule has 0 amide bonds. The highest BCUT2D eigenvalue weighted by Gasteiger charge is 2.23. The first-order valence-corrected chi connectivity index (χ1v) is 13.0. The molecule has 172 valence electrons. The molecule has 1 aromatic rings. The van der Waals surface area contributed by atoms with E-state index in [1.54, 1.807) is 65.8 Å². The summed E-state index contributed by atoms with van der Waals surface area (Å²) < 4.78 is 54.3. The molecule has 0 atom stereocenters. The van der Waals surface area contributed by atoms with E-state index in [1.165, 1.54) is 0 Å². The summed E-state index contributed by atoms with van der Waals surface area (Å²) in [6, 6.07) is 6.60. The van der Waals surface area contributed by atoms with Gasteiger partial charge in [0.2, 0.25) is 0 Å². The molecule has 0 aliphatic heterocycles. The van der Waals surface area contributed by atoms with Gasteiger partial charge in [0.25, 0.3) is 20.2 Å². The lowest BCUT2D eigenvalue weighted by Crippen LogP contribution is -2.24. The van der Waals surface area contributed by atoms with Gasteiger partial charge in [-0.2, -0.15) is 16.8 Å². The van der Waals surface area contributed by atoms with E-state index in [0.717, 1.165) is 11.8 Å². The van der Waals surface area contributed by atoms with E-state index >= 15 is 0 Å². The molecule has 0 saturated carbocycles. The molecular formula is C20H37BrO6S2. The molecule has 6 nitrogen and oxygen atoms in total. The van der Waals surface area contributed by atoms with Gasteiger partial charge in [-0.1, -0.05) is 54.4 Å². The van der Waals surface area contributed by atoms with Crippen LogP contribution in [0.5, 0.6) is 0 Å². The fourth-order valence-corrected chi connectivity index (χ4v) is 3.67. The topological polar surface area (TPSA) is 86.7 Å². The molecule has 0 N–H and O–H groups in total. The van der Waals surface area contributed by atoms with Crippen LogP contribution in [0, 0.1) is 6.92 Å². The SMILES string of the molecule is CC(C)(C)Br.CC(C)(C)OS(C)(=O)=O.Cc1ccc(S(=O)(=O)OC(C)(C)C)cc1. The summed E-state index contributed by atoms with van der Waals surface area (Å²) >= 11 is 3.38. The van der Waals surface area contributed by atoms with Gasteiger partial charge in [0.05, 0.1) is 22.4 Å². The maximum Gasteiger partial charge on any atom is 0.297 e. The third-order valence-corrected chi connectivity index (χ3v) is 4.44. The molecule has 1 aromatic carbocycles. The van der Waals surface area contributed by atoms with Gasteiger partial charge in [0.15, 0.2) is 0 Å². The lowest BCUT2D eigenvalue weighted by Gasteiger charge is -2.18. The van der Waals surface area contributed by atoms with E-state index in [4.69, 9.17) is 4.18 Å². The van der Waals surface area contributed by atoms with Crippen LogP contribution in [0.25, 0.3) is 0 Å². The average Bonchev–Trinajstić information content (AvgIpc) is 2.29. The van der Waals surface area contributed by atoms with Crippen molar-refractivity contribution in [2.45, 2.75) is 89.7 Å². The Labute approximate surface area is 186 Å². The Morgan fingerprint density at radius 2 is 1.03 bits per heavy atom. The minimum Gasteiger partial charge on any atom is -0.265 e. The second-order valence-electron chi connectivity index (χ2n) is 9.43. The summed E-state index contributed by atoms with van der Waals surface area (Å²) in [6.07, 6.45) is 1.04. The fraction of sp³-hybridized carbons (Fsp3) is 0.700. The fourth-order valence-electron chi connectivity index (χ4n) is 1.54. The van der Waals surface area contributed by atoms with Crippen LogP contribution in [0.2, 0.25) is 0 Å². The maximum atomic E-state index is 11.7. The van der Waals surface area contributed by atoms with E-state index in [2.05, 4.69) is 40.9 Å². The van der Waals surface area contributed by atoms with Gasteiger partial charge in [-0.25, -0.2) is 0 Å². The zero-order valence-corrected chi connectivity index (χ0v) is 22.7. The predicted molar refractivity (Wildman–Crippen MR) is 124 cm³/mol. The van der Waals surface area contributed by atoms with E-state index in [-0.39, 0.29) is 4.90 Å². The van der Waals surface area contributed by atoms with Gasteiger partial charge >= 0.3 is 0 Å². The Balaban J connectivity index is 0. The Hall–Kier alpha value is -0.480. The monoisotopic (exact) mass is 516 g/mol. The third-order valence-electron chi connectivity index (χ3n) is 2.07. The number of halogens is 1. The van der Waals surface area contributed by atoms with Crippen LogP contribution < -0.4 is 0 Å². The number of rotatable bonds is 3. The summed E-state index contributed by atoms with van der Waals surface area (Å²) in [7, 11) is -6.92. The number of hydrogen-bond acceptors (Lipinski definition) is 6. The van der Waals surface area contributed by atoms with Crippen molar-refractivity contribution >= 4 is 36.2 Å². The maximum absolute atomic E-state index is 11.7. The van der Waals surface area contributed by atoms with Gasteiger partial charge in [-0.15, -0.1) is 0 Å². The summed E-state index contributed by atoms with van der Waals surface area (Å²) in [4.78, 5) is 0.197. The molecule has 0 radical (unpaired) electrons. The van der Waals surface area contributed by atoms with Gasteiger partial charge in [0.1, 0.15) is 0 Å². The first kappa shape index (κ1) is 30.7. The van der Waals surface area contributed by atoms with Crippen molar-refractivity contribution in [1.29, 1.82) is 0 Å². The standard InChI is InChI=1S/C11H16O3S.C5H12O3S.C4H9Br/c1-9-5-7-10(8-6-9)15(12,13)14-11(2,3)4;1-5(2,3)8-9(4,6)7;1-4(2,3)5/h5-8H,1-4H3;1-4H3;1-3H3. The quantitative estimate of drug-likeness (QED) is 0.392. The van der Waals surface area contributed by atoms with Crippen molar-refractivity contribution in [1.82, 2.24) is 0 Å². The summed E-state index contributed by atoms with van der Waals surface area (Å²) in [5.74, 6) is 0. The Morgan fingerprint density at radius 1 is 0.724 bits per heavy atom. The van der Waals surface area contributed by atoms with Crippen molar-refractivity contribution in [2.75, 3.05) is 6.26 Å². The first-order valence-electron chi connectivity index (χ1n) is 9.03. The molecule has 9 heteroatoms. The highest BCUT2D eigenvalue weighted by atomic mass is 79.9. The molecule has 0 fully saturated rings. The van der Waals surface area contributed by atoms with Gasteiger partial charge in [-0.05, 0) is 60.6 Å². The first-order chi connectivity index (χ1) is 12.4. The molecule has 1 rings (SSSR count). The molecule has 0 aromatic heterocycles. The number of hydrogen-bond donors (Lipinski definition) is 0. The normalized spacial score (nSPS) is 13.0.